The molecular weight excluding hydrogens is 470 g/mol. The molecule has 0 bridgehead atoms. The van der Waals surface area contributed by atoms with E-state index < -0.39 is 15.9 Å². The summed E-state index contributed by atoms with van der Waals surface area (Å²) in [5.74, 6) is -0.275. The van der Waals surface area contributed by atoms with E-state index >= 15 is 0 Å². The van der Waals surface area contributed by atoms with E-state index in [9.17, 15) is 18.0 Å². The van der Waals surface area contributed by atoms with Crippen molar-refractivity contribution >= 4 is 44.8 Å². The van der Waals surface area contributed by atoms with Gasteiger partial charge in [0.25, 0.3) is 5.91 Å². The first-order valence-corrected chi connectivity index (χ1v) is 12.2. The molecule has 2 N–H and O–H groups in total. The Morgan fingerprint density at radius 3 is 2.82 bits per heavy atom. The molecule has 0 spiro atoms. The van der Waals surface area contributed by atoms with Crippen molar-refractivity contribution in [2.45, 2.75) is 24.7 Å². The number of nitrogens with one attached hydrogen (secondary N) is 2. The summed E-state index contributed by atoms with van der Waals surface area (Å²) in [5, 5.41) is 5.85. The highest BCUT2D eigenvalue weighted by Crippen LogP contribution is 2.35. The fourth-order valence-electron chi connectivity index (χ4n) is 4.00. The molecule has 0 saturated carbocycles. The van der Waals surface area contributed by atoms with E-state index in [1.807, 2.05) is 0 Å². The molecule has 0 radical (unpaired) electrons. The first-order valence-electron chi connectivity index (χ1n) is 10.4. The van der Waals surface area contributed by atoms with Crippen LogP contribution < -0.4 is 20.1 Å². The number of hydrogen-bond acceptors (Lipinski definition) is 6. The first kappa shape index (κ1) is 23.3. The van der Waals surface area contributed by atoms with Gasteiger partial charge in [-0.25, -0.2) is 8.42 Å². The van der Waals surface area contributed by atoms with Gasteiger partial charge in [-0.2, -0.15) is 4.31 Å². The molecule has 2 amide bonds. The molecule has 1 fully saturated rings. The zero-order chi connectivity index (χ0) is 23.8. The molecule has 2 aromatic rings. The van der Waals surface area contributed by atoms with Gasteiger partial charge in [-0.15, -0.1) is 0 Å². The molecule has 4 rings (SSSR count). The number of piperidine rings is 1. The Labute approximate surface area is 197 Å². The Kier molecular flexibility index (Phi) is 6.51. The molecule has 9 nitrogen and oxygen atoms in total. The van der Waals surface area contributed by atoms with Crippen molar-refractivity contribution in [3.05, 3.63) is 40.9 Å². The zero-order valence-electron chi connectivity index (χ0n) is 18.2. The summed E-state index contributed by atoms with van der Waals surface area (Å²) in [7, 11) is -2.37. The number of halogens is 1. The second-order valence-electron chi connectivity index (χ2n) is 7.99. The maximum Gasteiger partial charge on any atom is 0.262 e. The Bertz CT molecular complexity index is 1220. The van der Waals surface area contributed by atoms with Crippen LogP contribution in [-0.2, 0) is 19.6 Å². The summed E-state index contributed by atoms with van der Waals surface area (Å²) in [5.41, 5.74) is 1.44. The smallest absolute Gasteiger partial charge is 0.262 e. The lowest BCUT2D eigenvalue weighted by Crippen LogP contribution is -2.43. The average Bonchev–Trinajstić information content (AvgIpc) is 2.78. The SMILES string of the molecule is COc1ccc(NC(=O)[C@H]2CCCN(S(=O)(=O)c3cc4c(cc3C)NC(=O)CO4)C2)cc1Cl. The topological polar surface area (TPSA) is 114 Å². The van der Waals surface area contributed by atoms with Crippen LogP contribution >= 0.6 is 11.6 Å². The molecule has 176 valence electrons. The van der Waals surface area contributed by atoms with Crippen molar-refractivity contribution in [1.29, 1.82) is 0 Å². The van der Waals surface area contributed by atoms with Crippen molar-refractivity contribution in [2.24, 2.45) is 5.92 Å². The number of carbonyl (C=O) groups is 2. The molecule has 2 aromatic carbocycles. The van der Waals surface area contributed by atoms with Gasteiger partial charge in [0.05, 0.1) is 28.6 Å². The fraction of sp³-hybridized carbons (Fsp3) is 0.364. The van der Waals surface area contributed by atoms with E-state index in [-0.39, 0.29) is 29.9 Å². The number of nitrogens with zero attached hydrogens (tertiary/aromatic N) is 1. The van der Waals surface area contributed by atoms with E-state index in [0.29, 0.717) is 52.8 Å². The average molecular weight is 494 g/mol. The number of rotatable bonds is 5. The summed E-state index contributed by atoms with van der Waals surface area (Å²) >= 11 is 6.13. The highest BCUT2D eigenvalue weighted by atomic mass is 35.5. The van der Waals surface area contributed by atoms with Crippen molar-refractivity contribution < 1.29 is 27.5 Å². The van der Waals surface area contributed by atoms with E-state index in [1.165, 1.54) is 17.5 Å². The summed E-state index contributed by atoms with van der Waals surface area (Å²) in [6, 6.07) is 7.93. The van der Waals surface area contributed by atoms with Gasteiger partial charge < -0.3 is 20.1 Å². The minimum absolute atomic E-state index is 0.0617. The van der Waals surface area contributed by atoms with E-state index in [1.54, 1.807) is 31.2 Å². The third-order valence-electron chi connectivity index (χ3n) is 5.70. The number of benzene rings is 2. The second kappa shape index (κ2) is 9.20. The molecule has 0 aromatic heterocycles. The number of ether oxygens (including phenoxy) is 2. The van der Waals surface area contributed by atoms with Gasteiger partial charge in [0.15, 0.2) is 6.61 Å². The number of sulfonamides is 1. The van der Waals surface area contributed by atoms with Gasteiger partial charge in [-0.1, -0.05) is 11.6 Å². The number of fused-ring (bicyclic) bond motifs is 1. The quantitative estimate of drug-likeness (QED) is 0.661. The number of amides is 2. The summed E-state index contributed by atoms with van der Waals surface area (Å²) in [6.45, 7) is 1.87. The van der Waals surface area contributed by atoms with Crippen LogP contribution in [0.15, 0.2) is 35.2 Å². The molecule has 33 heavy (non-hydrogen) atoms. The fourth-order valence-corrected chi connectivity index (χ4v) is 6.00. The molecule has 11 heteroatoms. The van der Waals surface area contributed by atoms with Crippen molar-refractivity contribution in [1.82, 2.24) is 4.31 Å². The molecule has 1 saturated heterocycles. The minimum Gasteiger partial charge on any atom is -0.495 e. The van der Waals surface area contributed by atoms with Crippen LogP contribution in [0.2, 0.25) is 5.02 Å². The number of carbonyl (C=O) groups excluding carboxylic acids is 2. The number of hydrogen-bond donors (Lipinski definition) is 2. The lowest BCUT2D eigenvalue weighted by molar-refractivity contribution is -0.121. The van der Waals surface area contributed by atoms with Gasteiger partial charge in [0, 0.05) is 24.8 Å². The third-order valence-corrected chi connectivity index (χ3v) is 8.00. The summed E-state index contributed by atoms with van der Waals surface area (Å²) < 4.78 is 38.7. The Morgan fingerprint density at radius 2 is 2.09 bits per heavy atom. The lowest BCUT2D eigenvalue weighted by atomic mass is 9.98. The molecule has 0 aliphatic carbocycles. The molecule has 1 atom stereocenters. The highest BCUT2D eigenvalue weighted by Gasteiger charge is 2.35. The zero-order valence-corrected chi connectivity index (χ0v) is 19.8. The second-order valence-corrected chi connectivity index (χ2v) is 10.3. The largest absolute Gasteiger partial charge is 0.495 e. The minimum atomic E-state index is -3.87. The highest BCUT2D eigenvalue weighted by molar-refractivity contribution is 7.89. The van der Waals surface area contributed by atoms with E-state index in [4.69, 9.17) is 21.1 Å². The normalized spacial score (nSPS) is 18.6. The van der Waals surface area contributed by atoms with Gasteiger partial charge in [-0.05, 0) is 49.6 Å². The van der Waals surface area contributed by atoms with Gasteiger partial charge in [-0.3, -0.25) is 9.59 Å². The predicted molar refractivity (Wildman–Crippen MR) is 123 cm³/mol. The molecule has 0 unspecified atom stereocenters. The van der Waals surface area contributed by atoms with E-state index in [2.05, 4.69) is 10.6 Å². The number of anilines is 2. The molecule has 2 heterocycles. The number of methoxy groups -OCH3 is 1. The Balaban J connectivity index is 1.51. The van der Waals surface area contributed by atoms with Crippen LogP contribution in [0.25, 0.3) is 0 Å². The Hall–Kier alpha value is -2.82. The Morgan fingerprint density at radius 1 is 1.30 bits per heavy atom. The van der Waals surface area contributed by atoms with E-state index in [0.717, 1.165) is 0 Å². The first-order chi connectivity index (χ1) is 15.7. The number of aryl methyl sites for hydroxylation is 1. The van der Waals surface area contributed by atoms with Gasteiger partial charge in [0.2, 0.25) is 15.9 Å². The van der Waals surface area contributed by atoms with Crippen molar-refractivity contribution in [3.8, 4) is 11.5 Å². The maximum absolute atomic E-state index is 13.4. The van der Waals surface area contributed by atoms with Crippen LogP contribution in [0.4, 0.5) is 11.4 Å². The monoisotopic (exact) mass is 493 g/mol. The van der Waals surface area contributed by atoms with Gasteiger partial charge in [0.1, 0.15) is 11.5 Å². The molecule has 2 aliphatic rings. The van der Waals surface area contributed by atoms with Crippen LogP contribution in [0.1, 0.15) is 18.4 Å². The molecule has 2 aliphatic heterocycles. The van der Waals surface area contributed by atoms with Crippen LogP contribution in [0, 0.1) is 12.8 Å². The summed E-state index contributed by atoms with van der Waals surface area (Å²) in [4.78, 5) is 24.5. The van der Waals surface area contributed by atoms with Crippen molar-refractivity contribution in [3.63, 3.8) is 0 Å². The standard InChI is InChI=1S/C22H24ClN3O6S/c1-13-8-17-19(32-12-21(27)25-17)10-20(13)33(29,30)26-7-3-4-14(11-26)22(28)24-15-5-6-18(31-2)16(23)9-15/h5-6,8-10,14H,3-4,7,11-12H2,1-2H3,(H,24,28)(H,25,27)/t14-/m0/s1. The van der Waals surface area contributed by atoms with Crippen LogP contribution in [0.3, 0.4) is 0 Å². The summed E-state index contributed by atoms with van der Waals surface area (Å²) in [6.07, 6.45) is 1.12. The maximum atomic E-state index is 13.4. The van der Waals surface area contributed by atoms with Crippen molar-refractivity contribution in [2.75, 3.05) is 37.4 Å². The van der Waals surface area contributed by atoms with Crippen LogP contribution in [-0.4, -0.2) is 51.3 Å². The molecular formula is C22H24ClN3O6S. The predicted octanol–water partition coefficient (Wildman–Crippen LogP) is 3.03. The van der Waals surface area contributed by atoms with Crippen LogP contribution in [0.5, 0.6) is 11.5 Å². The van der Waals surface area contributed by atoms with Gasteiger partial charge >= 0.3 is 0 Å². The third kappa shape index (κ3) is 4.78. The lowest BCUT2D eigenvalue weighted by Gasteiger charge is -2.32.